The summed E-state index contributed by atoms with van der Waals surface area (Å²) in [6, 6.07) is -0.140. The lowest BCUT2D eigenvalue weighted by Crippen LogP contribution is -2.45. The molecule has 0 unspecified atom stereocenters. The molecule has 1 rings (SSSR count). The molecule has 0 spiro atoms. The van der Waals surface area contributed by atoms with Gasteiger partial charge in [-0.15, -0.1) is 0 Å². The van der Waals surface area contributed by atoms with Gasteiger partial charge in [0.05, 0.1) is 6.04 Å². The molecular weight excluding hydrogens is 498 g/mol. The summed E-state index contributed by atoms with van der Waals surface area (Å²) in [6.45, 7) is 6.47. The van der Waals surface area contributed by atoms with Gasteiger partial charge in [0.2, 0.25) is 11.8 Å². The third-order valence-corrected chi connectivity index (χ3v) is 7.84. The Balaban J connectivity index is 2.15. The molecule has 0 radical (unpaired) electrons. The Kier molecular flexibility index (Phi) is 22.1. The van der Waals surface area contributed by atoms with Crippen molar-refractivity contribution in [2.45, 2.75) is 128 Å². The smallest absolute Gasteiger partial charge is 0.239 e. The summed E-state index contributed by atoms with van der Waals surface area (Å²) in [4.78, 5) is 32.1. The molecule has 0 aromatic carbocycles. The van der Waals surface area contributed by atoms with Crippen molar-refractivity contribution in [2.24, 2.45) is 0 Å². The van der Waals surface area contributed by atoms with Crippen molar-refractivity contribution in [3.05, 3.63) is 12.2 Å². The molecule has 1 saturated heterocycles. The van der Waals surface area contributed by atoms with Gasteiger partial charge in [0.25, 0.3) is 0 Å². The summed E-state index contributed by atoms with van der Waals surface area (Å²) in [5, 5.41) is 6.55. The van der Waals surface area contributed by atoms with E-state index < -0.39 is 0 Å². The number of carbonyl (C=O) groups excluding carboxylic acids is 2. The largest absolute Gasteiger partial charge is 0.352 e. The quantitative estimate of drug-likeness (QED) is 0.112. The van der Waals surface area contributed by atoms with E-state index in [0.29, 0.717) is 19.4 Å². The minimum absolute atomic E-state index is 0.0509. The van der Waals surface area contributed by atoms with Gasteiger partial charge in [-0.25, -0.2) is 0 Å². The van der Waals surface area contributed by atoms with Crippen LogP contribution in [0.3, 0.4) is 0 Å². The summed E-state index contributed by atoms with van der Waals surface area (Å²) in [6.07, 6.45) is 24.4. The van der Waals surface area contributed by atoms with E-state index in [-0.39, 0.29) is 23.9 Å². The fourth-order valence-corrected chi connectivity index (χ4v) is 5.40. The number of unbranched alkanes of at least 4 members (excludes halogenated alkanes) is 11. The Morgan fingerprint density at radius 1 is 0.725 bits per heavy atom. The molecule has 1 fully saturated rings. The molecule has 0 aromatic heterocycles. The predicted octanol–water partition coefficient (Wildman–Crippen LogP) is 5.60. The van der Waals surface area contributed by atoms with Crippen LogP contribution in [0.25, 0.3) is 0 Å². The highest BCUT2D eigenvalue weighted by Gasteiger charge is 2.32. The van der Waals surface area contributed by atoms with E-state index >= 15 is 0 Å². The van der Waals surface area contributed by atoms with Gasteiger partial charge in [-0.3, -0.25) is 9.59 Å². The second kappa shape index (κ2) is 24.2. The van der Waals surface area contributed by atoms with Crippen LogP contribution in [-0.4, -0.2) is 99.5 Å². The van der Waals surface area contributed by atoms with E-state index in [2.05, 4.69) is 67.7 Å². The topological polar surface area (TPSA) is 67.9 Å². The Bertz CT molecular complexity index is 653. The molecule has 2 atom stereocenters. The molecule has 7 nitrogen and oxygen atoms in total. The third-order valence-electron chi connectivity index (χ3n) is 7.84. The van der Waals surface area contributed by atoms with Gasteiger partial charge in [0.15, 0.2) is 0 Å². The van der Waals surface area contributed by atoms with Crippen molar-refractivity contribution in [3.8, 4) is 0 Å². The second-order valence-electron chi connectivity index (χ2n) is 12.4. The van der Waals surface area contributed by atoms with Crippen molar-refractivity contribution in [2.75, 3.05) is 60.9 Å². The first-order chi connectivity index (χ1) is 19.3. The molecule has 0 aromatic rings. The first-order valence-corrected chi connectivity index (χ1v) is 16.6. The summed E-state index contributed by atoms with van der Waals surface area (Å²) in [5.74, 6) is 0.317. The second-order valence-corrected chi connectivity index (χ2v) is 12.4. The molecule has 7 heteroatoms. The SMILES string of the molecule is CCCCCCCC/C=C\CCCCCCCC(=O)N[C@@H]1CN[C@H](C(=O)N(CCCN(C)C)CCCN(C)C)C1. The van der Waals surface area contributed by atoms with E-state index in [1.165, 1.54) is 70.6 Å². The Morgan fingerprint density at radius 3 is 1.80 bits per heavy atom. The zero-order valence-electron chi connectivity index (χ0n) is 27.0. The van der Waals surface area contributed by atoms with Crippen LogP contribution >= 0.6 is 0 Å². The number of hydrogen-bond acceptors (Lipinski definition) is 5. The maximum Gasteiger partial charge on any atom is 0.239 e. The Labute approximate surface area is 247 Å². The zero-order valence-corrected chi connectivity index (χ0v) is 27.0. The van der Waals surface area contributed by atoms with Crippen molar-refractivity contribution < 1.29 is 9.59 Å². The maximum atomic E-state index is 13.3. The molecule has 1 aliphatic rings. The van der Waals surface area contributed by atoms with Crippen LogP contribution in [0.15, 0.2) is 12.2 Å². The van der Waals surface area contributed by atoms with E-state index in [9.17, 15) is 9.59 Å². The zero-order chi connectivity index (χ0) is 29.4. The average Bonchev–Trinajstić information content (AvgIpc) is 3.37. The molecule has 0 saturated carbocycles. The van der Waals surface area contributed by atoms with Crippen LogP contribution in [-0.2, 0) is 9.59 Å². The predicted molar refractivity (Wildman–Crippen MR) is 171 cm³/mol. The van der Waals surface area contributed by atoms with Crippen molar-refractivity contribution in [1.82, 2.24) is 25.3 Å². The number of nitrogens with zero attached hydrogens (tertiary/aromatic N) is 3. The lowest BCUT2D eigenvalue weighted by molar-refractivity contribution is -0.133. The standard InChI is InChI=1S/C33H65N5O2/c1-6-7-8-9-10-11-12-13-14-15-16-17-18-19-20-23-32(39)35-30-28-31(34-29-30)33(40)38(26-21-24-36(2)3)27-22-25-37(4)5/h13-14,30-31,34H,6-12,15-29H2,1-5H3,(H,35,39)/b14-13-/t30-,31-/m0/s1. The van der Waals surface area contributed by atoms with Crippen LogP contribution in [0.5, 0.6) is 0 Å². The van der Waals surface area contributed by atoms with Gasteiger partial charge >= 0.3 is 0 Å². The highest BCUT2D eigenvalue weighted by Crippen LogP contribution is 2.13. The van der Waals surface area contributed by atoms with Crippen LogP contribution in [0, 0.1) is 0 Å². The molecule has 1 aliphatic heterocycles. The number of nitrogens with one attached hydrogen (secondary N) is 2. The maximum absolute atomic E-state index is 13.3. The van der Waals surface area contributed by atoms with Gasteiger partial charge < -0.3 is 25.3 Å². The normalized spacial score (nSPS) is 17.4. The minimum Gasteiger partial charge on any atom is -0.352 e. The number of amides is 2. The molecule has 0 aliphatic carbocycles. The van der Waals surface area contributed by atoms with Gasteiger partial charge in [-0.2, -0.15) is 0 Å². The summed E-state index contributed by atoms with van der Waals surface area (Å²) in [7, 11) is 8.28. The lowest BCUT2D eigenvalue weighted by Gasteiger charge is -2.27. The van der Waals surface area contributed by atoms with Gasteiger partial charge in [-0.05, 0) is 92.6 Å². The van der Waals surface area contributed by atoms with Crippen LogP contribution in [0.1, 0.15) is 116 Å². The van der Waals surface area contributed by atoms with Crippen molar-refractivity contribution in [1.29, 1.82) is 0 Å². The lowest BCUT2D eigenvalue weighted by atomic mass is 10.1. The number of hydrogen-bond donors (Lipinski definition) is 2. The fraction of sp³-hybridized carbons (Fsp3) is 0.879. The van der Waals surface area contributed by atoms with E-state index in [0.717, 1.165) is 51.9 Å². The highest BCUT2D eigenvalue weighted by atomic mass is 16.2. The van der Waals surface area contributed by atoms with Gasteiger partial charge in [-0.1, -0.05) is 70.4 Å². The van der Waals surface area contributed by atoms with E-state index in [4.69, 9.17) is 0 Å². The van der Waals surface area contributed by atoms with Crippen LogP contribution < -0.4 is 10.6 Å². The van der Waals surface area contributed by atoms with Crippen LogP contribution in [0.2, 0.25) is 0 Å². The Hall–Kier alpha value is -1.44. The number of allylic oxidation sites excluding steroid dienone is 2. The van der Waals surface area contributed by atoms with Gasteiger partial charge in [0.1, 0.15) is 0 Å². The van der Waals surface area contributed by atoms with Gasteiger partial charge in [0, 0.05) is 32.1 Å². The summed E-state index contributed by atoms with van der Waals surface area (Å²) in [5.41, 5.74) is 0. The summed E-state index contributed by atoms with van der Waals surface area (Å²) >= 11 is 0. The first-order valence-electron chi connectivity index (χ1n) is 16.6. The fourth-order valence-electron chi connectivity index (χ4n) is 5.40. The molecular formula is C33H65N5O2. The molecule has 234 valence electrons. The highest BCUT2D eigenvalue weighted by molar-refractivity contribution is 5.83. The van der Waals surface area contributed by atoms with Crippen molar-refractivity contribution >= 4 is 11.8 Å². The minimum atomic E-state index is -0.191. The van der Waals surface area contributed by atoms with E-state index in [1.54, 1.807) is 0 Å². The number of carbonyl (C=O) groups is 2. The monoisotopic (exact) mass is 564 g/mol. The summed E-state index contributed by atoms with van der Waals surface area (Å²) < 4.78 is 0. The molecule has 2 N–H and O–H groups in total. The van der Waals surface area contributed by atoms with E-state index in [1.807, 2.05) is 4.90 Å². The Morgan fingerprint density at radius 2 is 1.25 bits per heavy atom. The first kappa shape index (κ1) is 36.6. The van der Waals surface area contributed by atoms with Crippen molar-refractivity contribution in [3.63, 3.8) is 0 Å². The molecule has 2 amide bonds. The number of rotatable bonds is 25. The average molecular weight is 564 g/mol. The molecule has 40 heavy (non-hydrogen) atoms. The molecule has 0 bridgehead atoms. The third kappa shape index (κ3) is 19.6. The van der Waals surface area contributed by atoms with Crippen LogP contribution in [0.4, 0.5) is 0 Å². The molecule has 1 heterocycles.